The van der Waals surface area contributed by atoms with Crippen LogP contribution in [0.2, 0.25) is 0 Å². The summed E-state index contributed by atoms with van der Waals surface area (Å²) in [5, 5.41) is 9.96. The van der Waals surface area contributed by atoms with Gasteiger partial charge in [0.2, 0.25) is 11.9 Å². The molecule has 0 spiro atoms. The highest BCUT2D eigenvalue weighted by Crippen LogP contribution is 2.24. The van der Waals surface area contributed by atoms with Gasteiger partial charge >= 0.3 is 0 Å². The Bertz CT molecular complexity index is 1320. The fourth-order valence-corrected chi connectivity index (χ4v) is 3.39. The lowest BCUT2D eigenvalue weighted by atomic mass is 10.1. The molecule has 0 aliphatic rings. The minimum atomic E-state index is -0.462. The van der Waals surface area contributed by atoms with Gasteiger partial charge in [0.15, 0.2) is 11.5 Å². The number of aryl methyl sites for hydroxylation is 2. The van der Waals surface area contributed by atoms with Crippen molar-refractivity contribution in [3.8, 4) is 0 Å². The molecule has 4 aromatic rings. The highest BCUT2D eigenvalue weighted by molar-refractivity contribution is 6.03. The first-order chi connectivity index (χ1) is 15.9. The van der Waals surface area contributed by atoms with Crippen molar-refractivity contribution in [2.24, 2.45) is 12.8 Å². The Morgan fingerprint density at radius 2 is 1.85 bits per heavy atom. The highest BCUT2D eigenvalue weighted by Gasteiger charge is 2.17. The van der Waals surface area contributed by atoms with Crippen LogP contribution >= 0.6 is 0 Å². The van der Waals surface area contributed by atoms with Gasteiger partial charge in [0, 0.05) is 37.5 Å². The Balaban J connectivity index is 1.57. The van der Waals surface area contributed by atoms with Crippen LogP contribution in [-0.4, -0.2) is 43.5 Å². The van der Waals surface area contributed by atoms with Crippen LogP contribution in [0.1, 0.15) is 27.3 Å². The Morgan fingerprint density at radius 3 is 2.55 bits per heavy atom. The lowest BCUT2D eigenvalue weighted by molar-refractivity contribution is -0.118. The molecule has 10 heteroatoms. The van der Waals surface area contributed by atoms with Gasteiger partial charge in [-0.3, -0.25) is 24.4 Å². The number of nitrogens with zero attached hydrogens (tertiary/aromatic N) is 4. The van der Waals surface area contributed by atoms with Gasteiger partial charge in [0.25, 0.3) is 5.91 Å². The van der Waals surface area contributed by atoms with Gasteiger partial charge in [0.1, 0.15) is 0 Å². The third-order valence-electron chi connectivity index (χ3n) is 5.05. The number of nitrogens with two attached hydrogens (primary N) is 1. The second kappa shape index (κ2) is 9.35. The smallest absolute Gasteiger partial charge is 0.278 e. The number of rotatable bonds is 9. The van der Waals surface area contributed by atoms with Crippen molar-refractivity contribution in [1.82, 2.24) is 19.3 Å². The summed E-state index contributed by atoms with van der Waals surface area (Å²) in [5.74, 6) is -0.639. The number of amides is 2. The molecule has 0 saturated carbocycles. The van der Waals surface area contributed by atoms with E-state index in [1.807, 2.05) is 30.3 Å². The van der Waals surface area contributed by atoms with E-state index >= 15 is 0 Å². The highest BCUT2D eigenvalue weighted by atomic mass is 16.2. The lowest BCUT2D eigenvalue weighted by Crippen LogP contribution is -2.19. The molecule has 0 saturated heterocycles. The molecule has 2 heterocycles. The summed E-state index contributed by atoms with van der Waals surface area (Å²) >= 11 is 0. The van der Waals surface area contributed by atoms with E-state index in [4.69, 9.17) is 5.73 Å². The van der Waals surface area contributed by atoms with Crippen LogP contribution in [-0.2, 0) is 18.4 Å². The molecule has 0 atom stereocenters. The number of Topliss-reactive ketones (excluding diaryl/α,β-unsaturated/α-hetero) is 1. The molecule has 2 amide bonds. The van der Waals surface area contributed by atoms with Crippen molar-refractivity contribution in [2.75, 3.05) is 17.2 Å². The fourth-order valence-electron chi connectivity index (χ4n) is 3.39. The maximum absolute atomic E-state index is 12.6. The largest absolute Gasteiger partial charge is 0.378 e. The van der Waals surface area contributed by atoms with E-state index in [0.29, 0.717) is 22.3 Å². The van der Waals surface area contributed by atoms with E-state index in [-0.39, 0.29) is 36.9 Å². The Hall–Kier alpha value is -4.47. The van der Waals surface area contributed by atoms with Gasteiger partial charge in [-0.05, 0) is 24.3 Å². The zero-order valence-electron chi connectivity index (χ0n) is 18.0. The maximum atomic E-state index is 12.6. The van der Waals surface area contributed by atoms with Crippen molar-refractivity contribution >= 4 is 40.3 Å². The van der Waals surface area contributed by atoms with E-state index in [1.165, 1.54) is 4.68 Å². The number of anilines is 2. The SMILES string of the molecule is Cn1ccc(C(=O)Nc2nc3cc(NCC(=O)c4ccccc4)ccc3n2CCC(N)=O)n1. The first-order valence-corrected chi connectivity index (χ1v) is 10.3. The predicted octanol–water partition coefficient (Wildman–Crippen LogP) is 2.19. The molecular weight excluding hydrogens is 422 g/mol. The van der Waals surface area contributed by atoms with Crippen molar-refractivity contribution in [2.45, 2.75) is 13.0 Å². The number of carbonyl (C=O) groups excluding carboxylic acids is 3. The summed E-state index contributed by atoms with van der Waals surface area (Å²) in [4.78, 5) is 40.8. The molecule has 2 aromatic heterocycles. The standard InChI is InChI=1S/C23H23N7O3/c1-29-11-9-17(28-29)22(33)27-23-26-18-13-16(7-8-19(18)30(23)12-10-21(24)32)25-14-20(31)15-5-3-2-4-6-15/h2-9,11,13,25H,10,12,14H2,1H3,(H2,24,32)(H,26,27,33). The van der Waals surface area contributed by atoms with E-state index in [1.54, 1.807) is 42.1 Å². The van der Waals surface area contributed by atoms with Crippen molar-refractivity contribution in [1.29, 1.82) is 0 Å². The molecule has 0 unspecified atom stereocenters. The van der Waals surface area contributed by atoms with Gasteiger partial charge in [-0.2, -0.15) is 5.10 Å². The summed E-state index contributed by atoms with van der Waals surface area (Å²) < 4.78 is 3.25. The Labute approximate surface area is 189 Å². The van der Waals surface area contributed by atoms with Crippen LogP contribution in [0.5, 0.6) is 0 Å². The number of carbonyl (C=O) groups is 3. The fraction of sp³-hybridized carbons (Fsp3) is 0.174. The van der Waals surface area contributed by atoms with Crippen molar-refractivity contribution < 1.29 is 14.4 Å². The summed E-state index contributed by atoms with van der Waals surface area (Å²) in [5.41, 5.74) is 8.20. The normalized spacial score (nSPS) is 10.8. The average molecular weight is 445 g/mol. The summed E-state index contributed by atoms with van der Waals surface area (Å²) in [6.45, 7) is 0.379. The minimum absolute atomic E-state index is 0.0361. The third kappa shape index (κ3) is 5.06. The number of aromatic nitrogens is 4. The molecule has 33 heavy (non-hydrogen) atoms. The van der Waals surface area contributed by atoms with E-state index in [2.05, 4.69) is 20.7 Å². The van der Waals surface area contributed by atoms with E-state index < -0.39 is 11.8 Å². The van der Waals surface area contributed by atoms with Crippen LogP contribution in [0.25, 0.3) is 11.0 Å². The molecule has 0 fully saturated rings. The van der Waals surface area contributed by atoms with E-state index in [0.717, 1.165) is 0 Å². The summed E-state index contributed by atoms with van der Waals surface area (Å²) in [6, 6.07) is 16.0. The third-order valence-corrected chi connectivity index (χ3v) is 5.05. The zero-order valence-corrected chi connectivity index (χ0v) is 18.0. The molecule has 0 bridgehead atoms. The Kier molecular flexibility index (Phi) is 6.16. The second-order valence-corrected chi connectivity index (χ2v) is 7.48. The molecule has 168 valence electrons. The van der Waals surface area contributed by atoms with Crippen LogP contribution in [0.4, 0.5) is 11.6 Å². The molecule has 10 nitrogen and oxygen atoms in total. The monoisotopic (exact) mass is 445 g/mol. The molecule has 2 aromatic carbocycles. The van der Waals surface area contributed by atoms with Crippen LogP contribution < -0.4 is 16.4 Å². The Morgan fingerprint density at radius 1 is 1.06 bits per heavy atom. The number of imidazole rings is 1. The first-order valence-electron chi connectivity index (χ1n) is 10.3. The van der Waals surface area contributed by atoms with E-state index in [9.17, 15) is 14.4 Å². The van der Waals surface area contributed by atoms with Crippen molar-refractivity contribution in [3.63, 3.8) is 0 Å². The van der Waals surface area contributed by atoms with Crippen LogP contribution in [0.15, 0.2) is 60.8 Å². The first kappa shape index (κ1) is 21.8. The number of benzene rings is 2. The van der Waals surface area contributed by atoms with Gasteiger partial charge < -0.3 is 15.6 Å². The molecule has 4 rings (SSSR count). The molecular formula is C23H23N7O3. The molecule has 4 N–H and O–H groups in total. The molecule has 0 aliphatic carbocycles. The number of ketones is 1. The maximum Gasteiger partial charge on any atom is 0.278 e. The van der Waals surface area contributed by atoms with Crippen molar-refractivity contribution in [3.05, 3.63) is 72.1 Å². The van der Waals surface area contributed by atoms with Crippen LogP contribution in [0.3, 0.4) is 0 Å². The number of hydrogen-bond acceptors (Lipinski definition) is 6. The summed E-state index contributed by atoms with van der Waals surface area (Å²) in [7, 11) is 1.72. The number of primary amides is 1. The van der Waals surface area contributed by atoms with Gasteiger partial charge in [0.05, 0.1) is 17.6 Å². The molecule has 0 aliphatic heterocycles. The van der Waals surface area contributed by atoms with Gasteiger partial charge in [-0.15, -0.1) is 0 Å². The average Bonchev–Trinajstić information content (AvgIpc) is 3.39. The van der Waals surface area contributed by atoms with Gasteiger partial charge in [-0.1, -0.05) is 30.3 Å². The number of nitrogens with one attached hydrogen (secondary N) is 2. The van der Waals surface area contributed by atoms with Gasteiger partial charge in [-0.25, -0.2) is 4.98 Å². The second-order valence-electron chi connectivity index (χ2n) is 7.48. The topological polar surface area (TPSA) is 137 Å². The van der Waals surface area contributed by atoms with Crippen LogP contribution in [0, 0.1) is 0 Å². The predicted molar refractivity (Wildman–Crippen MR) is 124 cm³/mol. The zero-order chi connectivity index (χ0) is 23.4. The lowest BCUT2D eigenvalue weighted by Gasteiger charge is -2.09. The minimum Gasteiger partial charge on any atom is -0.378 e. The summed E-state index contributed by atoms with van der Waals surface area (Å²) in [6.07, 6.45) is 1.75. The number of fused-ring (bicyclic) bond motifs is 1. The number of hydrogen-bond donors (Lipinski definition) is 3. The molecule has 0 radical (unpaired) electrons. The quantitative estimate of drug-likeness (QED) is 0.338.